The average Bonchev–Trinajstić information content (AvgIpc) is 3.98. The molecule has 4 fully saturated rings. The predicted octanol–water partition coefficient (Wildman–Crippen LogP) is 8.08. The fourth-order valence-electron chi connectivity index (χ4n) is 12.5. The lowest BCUT2D eigenvalue weighted by Crippen LogP contribution is -2.51. The molecule has 10 rings (SSSR count). The minimum Gasteiger partial charge on any atom is -0.453 e. The van der Waals surface area contributed by atoms with Gasteiger partial charge in [0.25, 0.3) is 0 Å². The smallest absolute Gasteiger partial charge is 0.416 e. The molecule has 4 aliphatic heterocycles. The Morgan fingerprint density at radius 3 is 1.75 bits per heavy atom. The van der Waals surface area contributed by atoms with Gasteiger partial charge in [0.2, 0.25) is 11.8 Å². The van der Waals surface area contributed by atoms with Gasteiger partial charge in [-0.25, -0.2) is 37.1 Å². The second kappa shape index (κ2) is 22.8. The summed E-state index contributed by atoms with van der Waals surface area (Å²) >= 11 is 0. The molecule has 0 bridgehead atoms. The number of imidazole rings is 2. The Hall–Kier alpha value is -7.53. The molecule has 17 nitrogen and oxygen atoms in total. The Morgan fingerprint density at radius 1 is 0.654 bits per heavy atom. The number of anilines is 3. The van der Waals surface area contributed by atoms with Crippen molar-refractivity contribution in [2.24, 2.45) is 17.8 Å². The number of rotatable bonds is 13. The van der Waals surface area contributed by atoms with Gasteiger partial charge in [-0.3, -0.25) is 9.59 Å². The summed E-state index contributed by atoms with van der Waals surface area (Å²) in [4.78, 5) is 76.9. The molecule has 4 N–H and O–H groups in total. The zero-order valence-corrected chi connectivity index (χ0v) is 45.8. The minimum atomic E-state index is -4.51. The maximum Gasteiger partial charge on any atom is 0.416 e. The number of H-pyrrole nitrogens is 2. The molecule has 2 aromatic heterocycles. The summed E-state index contributed by atoms with van der Waals surface area (Å²) in [7, 11) is 2.43. The third-order valence-electron chi connectivity index (χ3n) is 16.6. The maximum atomic E-state index is 17.1. The standard InChI is InChI=1S/C57H66F7N11O6/c1-29(2)48(69-55(78)80-5)53(76)73-17-7-9-46(73)51-65-40-25-34(36(58)27-42(40)67-51)44-15-16-45(35-26-41-43(28-37(35)59)68-52(66-41)47-10-8-18-74(47)54(77)49(30(3)4)70-56(79)81-6)75(44)33-23-38(60)50(39(61)24-33)72-21-19-71(20-22-72)32-13-11-31(12-14-32)57(62,63)64/h11-14,23-30,34,36,44-49H,7-10,15-22H2,1-6H3,(H,65,67)(H,66,68)(H,69,78)(H,70,79)/t34?,36?,44-,45-,46+,47+,48+,49+/m1/s1. The summed E-state index contributed by atoms with van der Waals surface area (Å²) in [6, 6.07) is 5.39. The number of carbonyl (C=O) groups excluding carboxylic acids is 4. The van der Waals surface area contributed by atoms with Gasteiger partial charge in [0.05, 0.1) is 59.6 Å². The van der Waals surface area contributed by atoms with Crippen molar-refractivity contribution < 1.29 is 59.4 Å². The second-order valence-electron chi connectivity index (χ2n) is 22.2. The molecule has 0 radical (unpaired) electrons. The second-order valence-corrected chi connectivity index (χ2v) is 22.2. The highest BCUT2D eigenvalue weighted by Gasteiger charge is 2.45. The summed E-state index contributed by atoms with van der Waals surface area (Å²) in [5.41, 5.74) is 0.305. The van der Waals surface area contributed by atoms with Crippen LogP contribution in [0.4, 0.5) is 57.4 Å². The van der Waals surface area contributed by atoms with Gasteiger partial charge in [0, 0.05) is 74.2 Å². The molecule has 1 aliphatic carbocycles. The number of fused-ring (bicyclic) bond motifs is 2. The predicted molar refractivity (Wildman–Crippen MR) is 287 cm³/mol. The van der Waals surface area contributed by atoms with E-state index in [1.165, 1.54) is 55.5 Å². The van der Waals surface area contributed by atoms with Crippen LogP contribution in [0.15, 0.2) is 48.5 Å². The van der Waals surface area contributed by atoms with Gasteiger partial charge in [-0.1, -0.05) is 33.8 Å². The van der Waals surface area contributed by atoms with Crippen molar-refractivity contribution in [1.82, 2.24) is 40.4 Å². The fourth-order valence-corrected chi connectivity index (χ4v) is 12.5. The molecule has 24 heteroatoms. The molecule has 3 aromatic carbocycles. The quantitative estimate of drug-likeness (QED) is 0.0837. The summed E-state index contributed by atoms with van der Waals surface area (Å²) in [6.07, 6.45) is -1.76. The van der Waals surface area contributed by atoms with Crippen molar-refractivity contribution in [3.05, 3.63) is 99.5 Å². The lowest BCUT2D eigenvalue weighted by atomic mass is 9.89. The molecular formula is C57H66F7N11O6. The van der Waals surface area contributed by atoms with E-state index >= 15 is 17.6 Å². The molecule has 4 saturated heterocycles. The molecule has 0 spiro atoms. The highest BCUT2D eigenvalue weighted by atomic mass is 19.4. The first-order chi connectivity index (χ1) is 38.6. The number of hydrogen-bond donors (Lipinski definition) is 4. The van der Waals surface area contributed by atoms with Crippen molar-refractivity contribution in [1.29, 1.82) is 0 Å². The van der Waals surface area contributed by atoms with E-state index in [2.05, 4.69) is 20.6 Å². The topological polar surface area (TPSA) is 184 Å². The highest BCUT2D eigenvalue weighted by molar-refractivity contribution is 5.87. The normalized spacial score (nSPS) is 22.9. The maximum absolute atomic E-state index is 17.1. The number of aromatic amines is 2. The van der Waals surface area contributed by atoms with Crippen LogP contribution in [-0.4, -0.2) is 132 Å². The number of ether oxygens (including phenoxy) is 2. The van der Waals surface area contributed by atoms with Crippen LogP contribution in [0.2, 0.25) is 0 Å². The third kappa shape index (κ3) is 11.2. The zero-order valence-electron chi connectivity index (χ0n) is 45.8. The molecule has 5 aliphatic rings. The Kier molecular flexibility index (Phi) is 16.0. The lowest BCUT2D eigenvalue weighted by Gasteiger charge is -2.39. The number of likely N-dealkylation sites (tertiary alicyclic amines) is 2. The van der Waals surface area contributed by atoms with E-state index in [0.717, 1.165) is 12.1 Å². The van der Waals surface area contributed by atoms with E-state index < -0.39 is 89.7 Å². The number of benzene rings is 3. The first-order valence-corrected chi connectivity index (χ1v) is 27.5. The van der Waals surface area contributed by atoms with E-state index in [0.29, 0.717) is 72.3 Å². The molecule has 81 heavy (non-hydrogen) atoms. The number of methoxy groups -OCH3 is 2. The molecule has 0 saturated carbocycles. The zero-order chi connectivity index (χ0) is 57.8. The number of nitrogens with zero attached hydrogens (tertiary/aromatic N) is 7. The van der Waals surface area contributed by atoms with Crippen LogP contribution in [0.3, 0.4) is 0 Å². The van der Waals surface area contributed by atoms with Crippen molar-refractivity contribution in [2.45, 2.75) is 115 Å². The molecule has 6 heterocycles. The Labute approximate surface area is 462 Å². The molecule has 4 amide bonds. The molecular weight excluding hydrogens is 1070 g/mol. The number of hydrogen-bond acceptors (Lipinski definition) is 11. The summed E-state index contributed by atoms with van der Waals surface area (Å²) < 4.78 is 117. The number of amides is 4. The Balaban J connectivity index is 0.976. The molecule has 2 unspecified atom stereocenters. The fraction of sp³-hybridized carbons (Fsp3) is 0.509. The number of piperazine rings is 1. The molecule has 434 valence electrons. The van der Waals surface area contributed by atoms with Crippen molar-refractivity contribution in [3.8, 4) is 0 Å². The van der Waals surface area contributed by atoms with Crippen LogP contribution >= 0.6 is 0 Å². The third-order valence-corrected chi connectivity index (χ3v) is 16.6. The first-order valence-electron chi connectivity index (χ1n) is 27.5. The SMILES string of the molecule is COC(=O)N[C@H](C(=O)N1CCC[C@H]1c1nc2c([nH]1)=CC([C@H]1CC[C@H](c3cc4[nH]c([C@@H]5CCCN5C(=O)[C@@H](NC(=O)OC)C(C)C)nc4cc3F)N1c1cc(F)c(N3CCN(c4ccc(C(F)(F)F)cc4)CC3)c(F)c1)C(F)C=2)C(C)C. The van der Waals surface area contributed by atoms with Gasteiger partial charge >= 0.3 is 18.4 Å². The van der Waals surface area contributed by atoms with Crippen LogP contribution in [-0.2, 0) is 25.2 Å². The Morgan fingerprint density at radius 2 is 1.21 bits per heavy atom. The van der Waals surface area contributed by atoms with E-state index in [4.69, 9.17) is 19.4 Å². The van der Waals surface area contributed by atoms with E-state index in [1.807, 2.05) is 4.90 Å². The monoisotopic (exact) mass is 1130 g/mol. The van der Waals surface area contributed by atoms with Crippen LogP contribution in [0.25, 0.3) is 23.2 Å². The van der Waals surface area contributed by atoms with Gasteiger partial charge in [0.1, 0.15) is 41.4 Å². The number of halogens is 7. The number of nitrogens with one attached hydrogen (secondary N) is 4. The van der Waals surface area contributed by atoms with Crippen molar-refractivity contribution in [3.63, 3.8) is 0 Å². The van der Waals surface area contributed by atoms with E-state index in [9.17, 15) is 32.3 Å². The summed E-state index contributed by atoms with van der Waals surface area (Å²) in [5, 5.41) is 6.06. The van der Waals surface area contributed by atoms with E-state index in [-0.39, 0.29) is 85.1 Å². The first kappa shape index (κ1) is 56.7. The summed E-state index contributed by atoms with van der Waals surface area (Å²) in [6.45, 7) is 8.77. The van der Waals surface area contributed by atoms with Crippen molar-refractivity contribution >= 4 is 64.2 Å². The minimum absolute atomic E-state index is 0.0342. The van der Waals surface area contributed by atoms with Gasteiger partial charge < -0.3 is 54.6 Å². The van der Waals surface area contributed by atoms with Crippen molar-refractivity contribution in [2.75, 3.05) is 68.2 Å². The van der Waals surface area contributed by atoms with Gasteiger partial charge in [0.15, 0.2) is 11.6 Å². The van der Waals surface area contributed by atoms with Gasteiger partial charge in [-0.15, -0.1) is 0 Å². The number of carbonyl (C=O) groups is 4. The number of alkyl carbamates (subject to hydrolysis) is 2. The Bertz CT molecular complexity index is 3290. The number of alkyl halides is 4. The van der Waals surface area contributed by atoms with Gasteiger partial charge in [-0.05, 0) is 98.9 Å². The lowest BCUT2D eigenvalue weighted by molar-refractivity contribution is -0.138. The number of aromatic nitrogens is 4. The average molecular weight is 1130 g/mol. The largest absolute Gasteiger partial charge is 0.453 e. The van der Waals surface area contributed by atoms with E-state index in [1.54, 1.807) is 54.5 Å². The highest BCUT2D eigenvalue weighted by Crippen LogP contribution is 2.47. The van der Waals surface area contributed by atoms with Crippen LogP contribution in [0.5, 0.6) is 0 Å². The molecule has 8 atom stereocenters. The van der Waals surface area contributed by atoms with Gasteiger partial charge in [-0.2, -0.15) is 13.2 Å². The summed E-state index contributed by atoms with van der Waals surface area (Å²) in [5.74, 6) is -3.85. The van der Waals surface area contributed by atoms with Crippen LogP contribution < -0.4 is 36.0 Å². The van der Waals surface area contributed by atoms with Crippen LogP contribution in [0.1, 0.15) is 107 Å². The molecule has 5 aromatic rings. The van der Waals surface area contributed by atoms with Crippen LogP contribution in [0, 0.1) is 35.2 Å².